The number of hydrogen-bond donors (Lipinski definition) is 1. The predicted octanol–water partition coefficient (Wildman–Crippen LogP) is 1.44. The van der Waals surface area contributed by atoms with Gasteiger partial charge in [-0.1, -0.05) is 0 Å². The summed E-state index contributed by atoms with van der Waals surface area (Å²) in [6.45, 7) is 3.10. The van der Waals surface area contributed by atoms with Gasteiger partial charge in [0.15, 0.2) is 0 Å². The quantitative estimate of drug-likeness (QED) is 0.854. The van der Waals surface area contributed by atoms with Crippen molar-refractivity contribution < 1.29 is 18.4 Å². The second kappa shape index (κ2) is 5.93. The summed E-state index contributed by atoms with van der Waals surface area (Å²) in [4.78, 5) is 26.7. The van der Waals surface area contributed by atoms with Crippen LogP contribution in [0.25, 0.3) is 0 Å². The van der Waals surface area contributed by atoms with Crippen LogP contribution in [-0.2, 0) is 4.79 Å². The molecule has 5 nitrogen and oxygen atoms in total. The summed E-state index contributed by atoms with van der Waals surface area (Å²) in [5.41, 5.74) is 0. The molecule has 7 heteroatoms. The number of nitrogens with zero attached hydrogens (tertiary/aromatic N) is 2. The van der Waals surface area contributed by atoms with E-state index >= 15 is 0 Å². The van der Waals surface area contributed by atoms with Crippen molar-refractivity contribution in [3.63, 3.8) is 0 Å². The summed E-state index contributed by atoms with van der Waals surface area (Å²) in [5.74, 6) is -3.46. The van der Waals surface area contributed by atoms with E-state index in [1.807, 2.05) is 0 Å². The van der Waals surface area contributed by atoms with Gasteiger partial charge in [0, 0.05) is 32.2 Å². The molecule has 2 aliphatic rings. The maximum absolute atomic E-state index is 12.8. The molecule has 114 valence electrons. The van der Waals surface area contributed by atoms with Crippen LogP contribution in [0.15, 0.2) is 0 Å². The Morgan fingerprint density at radius 3 is 2.55 bits per heavy atom. The highest BCUT2D eigenvalue weighted by molar-refractivity contribution is 5.77. The molecule has 0 spiro atoms. The van der Waals surface area contributed by atoms with E-state index < -0.39 is 18.3 Å². The second-order valence-electron chi connectivity index (χ2n) is 5.64. The fraction of sp³-hybridized carbons (Fsp3) is 0.846. The molecule has 2 fully saturated rings. The largest absolute Gasteiger partial charge is 0.342 e. The topological polar surface area (TPSA) is 52.7 Å². The molecule has 2 rings (SSSR count). The molecule has 0 radical (unpaired) electrons. The molecule has 2 saturated heterocycles. The Morgan fingerprint density at radius 2 is 2.00 bits per heavy atom. The first-order valence-electron chi connectivity index (χ1n) is 7.07. The van der Waals surface area contributed by atoms with Crippen molar-refractivity contribution >= 4 is 11.9 Å². The lowest BCUT2D eigenvalue weighted by atomic mass is 10.0. The first kappa shape index (κ1) is 15.0. The van der Waals surface area contributed by atoms with E-state index in [0.717, 1.165) is 19.9 Å². The summed E-state index contributed by atoms with van der Waals surface area (Å²) >= 11 is 0. The molecule has 20 heavy (non-hydrogen) atoms. The summed E-state index contributed by atoms with van der Waals surface area (Å²) in [6.07, 6.45) is 1.51. The minimum absolute atomic E-state index is 0.0545. The maximum Gasteiger partial charge on any atom is 0.317 e. The maximum atomic E-state index is 12.8. The van der Waals surface area contributed by atoms with Gasteiger partial charge in [-0.05, 0) is 26.2 Å². The number of halogens is 2. The summed E-state index contributed by atoms with van der Waals surface area (Å²) in [6, 6.07) is 0.0580. The van der Waals surface area contributed by atoms with Gasteiger partial charge in [-0.3, -0.25) is 4.79 Å². The number of rotatable bonds is 3. The van der Waals surface area contributed by atoms with Crippen molar-refractivity contribution in [2.75, 3.05) is 26.2 Å². The van der Waals surface area contributed by atoms with E-state index in [9.17, 15) is 18.4 Å². The number of hydrogen-bond acceptors (Lipinski definition) is 2. The van der Waals surface area contributed by atoms with Gasteiger partial charge in [0.1, 0.15) is 0 Å². The summed E-state index contributed by atoms with van der Waals surface area (Å²) in [7, 11) is 0. The van der Waals surface area contributed by atoms with Gasteiger partial charge in [-0.15, -0.1) is 0 Å². The molecule has 2 heterocycles. The Kier molecular flexibility index (Phi) is 4.45. The SMILES string of the molecule is CC(F)(F)CC(=O)N1CCC(N2CCCNC2=O)CC1. The van der Waals surface area contributed by atoms with Crippen LogP contribution in [0.4, 0.5) is 13.6 Å². The number of nitrogens with one attached hydrogen (secondary N) is 1. The molecule has 1 N–H and O–H groups in total. The van der Waals surface area contributed by atoms with Crippen LogP contribution in [0, 0.1) is 0 Å². The lowest BCUT2D eigenvalue weighted by Crippen LogP contribution is -2.54. The number of likely N-dealkylation sites (tertiary alicyclic amines) is 1. The van der Waals surface area contributed by atoms with E-state index in [1.54, 1.807) is 4.90 Å². The molecule has 2 aliphatic heterocycles. The van der Waals surface area contributed by atoms with E-state index in [-0.39, 0.29) is 12.1 Å². The molecular weight excluding hydrogens is 268 g/mol. The average Bonchev–Trinajstić information content (AvgIpc) is 2.37. The molecule has 0 aliphatic carbocycles. The van der Waals surface area contributed by atoms with E-state index in [2.05, 4.69) is 5.32 Å². The van der Waals surface area contributed by atoms with E-state index in [1.165, 1.54) is 4.90 Å². The van der Waals surface area contributed by atoms with Gasteiger partial charge in [-0.25, -0.2) is 13.6 Å². The predicted molar refractivity (Wildman–Crippen MR) is 69.6 cm³/mol. The fourth-order valence-corrected chi connectivity index (χ4v) is 2.80. The van der Waals surface area contributed by atoms with E-state index in [0.29, 0.717) is 32.5 Å². The highest BCUT2D eigenvalue weighted by atomic mass is 19.3. The number of amides is 3. The lowest BCUT2D eigenvalue weighted by molar-refractivity contribution is -0.139. The van der Waals surface area contributed by atoms with Crippen LogP contribution >= 0.6 is 0 Å². The monoisotopic (exact) mass is 289 g/mol. The van der Waals surface area contributed by atoms with Crippen LogP contribution < -0.4 is 5.32 Å². The van der Waals surface area contributed by atoms with Gasteiger partial charge >= 0.3 is 6.03 Å². The molecule has 0 aromatic heterocycles. The number of carbonyl (C=O) groups is 2. The zero-order valence-electron chi connectivity index (χ0n) is 11.7. The van der Waals surface area contributed by atoms with E-state index in [4.69, 9.17) is 0 Å². The first-order valence-corrected chi connectivity index (χ1v) is 7.07. The average molecular weight is 289 g/mol. The fourth-order valence-electron chi connectivity index (χ4n) is 2.80. The zero-order chi connectivity index (χ0) is 14.8. The third-order valence-electron chi connectivity index (χ3n) is 3.83. The van der Waals surface area contributed by atoms with Crippen LogP contribution in [0.1, 0.15) is 32.6 Å². The molecular formula is C13H21F2N3O2. The normalized spacial score (nSPS) is 21.9. The third kappa shape index (κ3) is 3.80. The Morgan fingerprint density at radius 1 is 1.35 bits per heavy atom. The van der Waals surface area contributed by atoms with Crippen molar-refractivity contribution in [2.24, 2.45) is 0 Å². The van der Waals surface area contributed by atoms with Gasteiger partial charge < -0.3 is 15.1 Å². The molecule has 0 saturated carbocycles. The Balaban J connectivity index is 1.83. The number of alkyl halides is 2. The molecule has 0 bridgehead atoms. The summed E-state index contributed by atoms with van der Waals surface area (Å²) < 4.78 is 25.7. The minimum atomic E-state index is -2.96. The van der Waals surface area contributed by atoms with Crippen molar-refractivity contribution in [1.29, 1.82) is 0 Å². The molecule has 3 amide bonds. The van der Waals surface area contributed by atoms with Gasteiger partial charge in [-0.2, -0.15) is 0 Å². The molecule has 0 aromatic rings. The smallest absolute Gasteiger partial charge is 0.317 e. The van der Waals surface area contributed by atoms with Gasteiger partial charge in [0.05, 0.1) is 6.42 Å². The third-order valence-corrected chi connectivity index (χ3v) is 3.83. The molecule has 0 atom stereocenters. The number of carbonyl (C=O) groups excluding carboxylic acids is 2. The van der Waals surface area contributed by atoms with Crippen molar-refractivity contribution in [3.05, 3.63) is 0 Å². The van der Waals surface area contributed by atoms with Crippen LogP contribution in [0.5, 0.6) is 0 Å². The van der Waals surface area contributed by atoms with Crippen LogP contribution in [0.3, 0.4) is 0 Å². The Labute approximate surface area is 117 Å². The molecule has 0 aromatic carbocycles. The van der Waals surface area contributed by atoms with Crippen LogP contribution in [0.2, 0.25) is 0 Å². The minimum Gasteiger partial charge on any atom is -0.342 e. The highest BCUT2D eigenvalue weighted by Crippen LogP contribution is 2.22. The van der Waals surface area contributed by atoms with Gasteiger partial charge in [0.2, 0.25) is 5.91 Å². The second-order valence-corrected chi connectivity index (χ2v) is 5.64. The molecule has 0 unspecified atom stereocenters. The van der Waals surface area contributed by atoms with Crippen LogP contribution in [-0.4, -0.2) is 59.9 Å². The van der Waals surface area contributed by atoms with Crippen molar-refractivity contribution in [2.45, 2.75) is 44.6 Å². The number of piperidine rings is 1. The number of urea groups is 1. The lowest BCUT2D eigenvalue weighted by Gasteiger charge is -2.40. The highest BCUT2D eigenvalue weighted by Gasteiger charge is 2.33. The van der Waals surface area contributed by atoms with Crippen molar-refractivity contribution in [3.8, 4) is 0 Å². The summed E-state index contributed by atoms with van der Waals surface area (Å²) in [5, 5.41) is 2.80. The van der Waals surface area contributed by atoms with Gasteiger partial charge in [0.25, 0.3) is 5.92 Å². The zero-order valence-corrected chi connectivity index (χ0v) is 11.7. The standard InChI is InChI=1S/C13H21F2N3O2/c1-13(14,15)9-11(19)17-7-3-10(4-8-17)18-6-2-5-16-12(18)20/h10H,2-9H2,1H3,(H,16,20). The van der Waals surface area contributed by atoms with Crippen molar-refractivity contribution in [1.82, 2.24) is 15.1 Å². The first-order chi connectivity index (χ1) is 9.37. The Hall–Kier alpha value is -1.40. The Bertz CT molecular complexity index is 376.